The van der Waals surface area contributed by atoms with Crippen molar-refractivity contribution in [2.45, 2.75) is 26.1 Å². The van der Waals surface area contributed by atoms with Crippen LogP contribution < -0.4 is 0 Å². The van der Waals surface area contributed by atoms with Crippen LogP contribution in [0.15, 0.2) is 0 Å². The lowest BCUT2D eigenvalue weighted by Gasteiger charge is -2.38. The van der Waals surface area contributed by atoms with Gasteiger partial charge >= 0.3 is 12.0 Å². The number of nitrogens with zero attached hydrogens (tertiary/aromatic N) is 2. The summed E-state index contributed by atoms with van der Waals surface area (Å²) in [5, 5.41) is 18.0. The number of aliphatic hydroxyl groups excluding tert-OH is 1. The second-order valence-electron chi connectivity index (χ2n) is 5.06. The number of aliphatic carboxylic acids is 1. The minimum absolute atomic E-state index is 0.136. The number of carbonyl (C=O) groups is 2. The van der Waals surface area contributed by atoms with Gasteiger partial charge in [-0.3, -0.25) is 4.79 Å². The van der Waals surface area contributed by atoms with E-state index < -0.39 is 11.9 Å². The summed E-state index contributed by atoms with van der Waals surface area (Å²) in [5.41, 5.74) is 0. The van der Waals surface area contributed by atoms with E-state index in [1.54, 1.807) is 18.9 Å². The molecular formula is C12H22N2O5. The van der Waals surface area contributed by atoms with Crippen LogP contribution in [0.1, 0.15) is 13.8 Å². The summed E-state index contributed by atoms with van der Waals surface area (Å²) < 4.78 is 5.46. The number of carbonyl (C=O) groups excluding carboxylic acids is 1. The summed E-state index contributed by atoms with van der Waals surface area (Å²) in [4.78, 5) is 25.9. The summed E-state index contributed by atoms with van der Waals surface area (Å²) in [6.07, 6.45) is -0.516. The number of urea groups is 1. The molecule has 3 atom stereocenters. The summed E-state index contributed by atoms with van der Waals surface area (Å²) >= 11 is 0. The van der Waals surface area contributed by atoms with E-state index in [-0.39, 0.29) is 31.4 Å². The first-order valence-electron chi connectivity index (χ1n) is 6.34. The number of morpholine rings is 1. The van der Waals surface area contributed by atoms with Crippen LogP contribution in [-0.4, -0.2) is 77.5 Å². The molecule has 1 fully saturated rings. The normalized spacial score (nSPS) is 24.9. The number of amides is 2. The molecule has 110 valence electrons. The van der Waals surface area contributed by atoms with Gasteiger partial charge in [-0.2, -0.15) is 0 Å². The molecule has 0 radical (unpaired) electrons. The van der Waals surface area contributed by atoms with Gasteiger partial charge in [0.15, 0.2) is 0 Å². The molecule has 1 aliphatic heterocycles. The van der Waals surface area contributed by atoms with Gasteiger partial charge in [0.25, 0.3) is 0 Å². The van der Waals surface area contributed by atoms with Crippen molar-refractivity contribution in [1.82, 2.24) is 9.80 Å². The molecule has 0 aromatic heterocycles. The molecule has 1 rings (SSSR count). The lowest BCUT2D eigenvalue weighted by atomic mass is 10.2. The zero-order chi connectivity index (χ0) is 14.6. The second kappa shape index (κ2) is 6.72. The molecule has 2 N–H and O–H groups in total. The Kier molecular flexibility index (Phi) is 5.56. The molecular weight excluding hydrogens is 252 g/mol. The van der Waals surface area contributed by atoms with E-state index in [0.717, 1.165) is 0 Å². The number of carboxylic acid groups (broad SMARTS) is 1. The molecule has 1 saturated heterocycles. The number of hydrogen-bond donors (Lipinski definition) is 2. The first-order chi connectivity index (χ1) is 8.85. The predicted molar refractivity (Wildman–Crippen MR) is 67.8 cm³/mol. The van der Waals surface area contributed by atoms with Gasteiger partial charge < -0.3 is 24.7 Å². The van der Waals surface area contributed by atoms with E-state index in [4.69, 9.17) is 14.9 Å². The van der Waals surface area contributed by atoms with Gasteiger partial charge in [-0.05, 0) is 6.92 Å². The number of hydrogen-bond acceptors (Lipinski definition) is 4. The monoisotopic (exact) mass is 274 g/mol. The fraction of sp³-hybridized carbons (Fsp3) is 0.833. The Bertz CT molecular complexity index is 336. The van der Waals surface area contributed by atoms with E-state index >= 15 is 0 Å². The van der Waals surface area contributed by atoms with Crippen molar-refractivity contribution in [1.29, 1.82) is 0 Å². The molecule has 3 unspecified atom stereocenters. The molecule has 0 aliphatic carbocycles. The van der Waals surface area contributed by atoms with Gasteiger partial charge in [0.2, 0.25) is 0 Å². The van der Waals surface area contributed by atoms with Gasteiger partial charge in [-0.15, -0.1) is 0 Å². The summed E-state index contributed by atoms with van der Waals surface area (Å²) in [5.74, 6) is -1.54. The summed E-state index contributed by atoms with van der Waals surface area (Å²) in [6.45, 7) is 4.19. The SMILES string of the molecule is CC1CN(C(=O)N(C)CC(C)C(=O)O)CC(CO)O1. The van der Waals surface area contributed by atoms with Crippen LogP contribution in [0, 0.1) is 5.92 Å². The topological polar surface area (TPSA) is 90.3 Å². The van der Waals surface area contributed by atoms with Crippen LogP contribution in [0.25, 0.3) is 0 Å². The Morgan fingerprint density at radius 2 is 2.11 bits per heavy atom. The number of carboxylic acids is 1. The van der Waals surface area contributed by atoms with Gasteiger partial charge in [-0.25, -0.2) is 4.79 Å². The van der Waals surface area contributed by atoms with E-state index in [1.807, 2.05) is 6.92 Å². The Balaban J connectivity index is 2.58. The molecule has 0 spiro atoms. The first kappa shape index (κ1) is 15.7. The molecule has 7 nitrogen and oxygen atoms in total. The molecule has 2 amide bonds. The van der Waals surface area contributed by atoms with Crippen LogP contribution in [0.3, 0.4) is 0 Å². The highest BCUT2D eigenvalue weighted by atomic mass is 16.5. The molecule has 0 aromatic carbocycles. The van der Waals surface area contributed by atoms with Gasteiger partial charge in [0.1, 0.15) is 0 Å². The van der Waals surface area contributed by atoms with E-state index in [2.05, 4.69) is 0 Å². The molecule has 19 heavy (non-hydrogen) atoms. The van der Waals surface area contributed by atoms with Gasteiger partial charge in [0, 0.05) is 20.1 Å². The molecule has 0 aromatic rings. The molecule has 7 heteroatoms. The third-order valence-corrected chi connectivity index (χ3v) is 3.10. The summed E-state index contributed by atoms with van der Waals surface area (Å²) in [7, 11) is 1.58. The van der Waals surface area contributed by atoms with Crippen LogP contribution in [0.2, 0.25) is 0 Å². The highest BCUT2D eigenvalue weighted by Crippen LogP contribution is 2.13. The van der Waals surface area contributed by atoms with Crippen molar-refractivity contribution in [3.05, 3.63) is 0 Å². The van der Waals surface area contributed by atoms with E-state index in [0.29, 0.717) is 13.1 Å². The third-order valence-electron chi connectivity index (χ3n) is 3.10. The van der Waals surface area contributed by atoms with Crippen molar-refractivity contribution in [3.8, 4) is 0 Å². The van der Waals surface area contributed by atoms with Crippen LogP contribution in [0.4, 0.5) is 4.79 Å². The Labute approximate surface area is 112 Å². The van der Waals surface area contributed by atoms with Crippen LogP contribution in [-0.2, 0) is 9.53 Å². The molecule has 1 heterocycles. The zero-order valence-electron chi connectivity index (χ0n) is 11.6. The third kappa shape index (κ3) is 4.36. The maximum absolute atomic E-state index is 12.2. The number of ether oxygens (including phenoxy) is 1. The fourth-order valence-corrected chi connectivity index (χ4v) is 2.11. The van der Waals surface area contributed by atoms with Crippen LogP contribution in [0.5, 0.6) is 0 Å². The highest BCUT2D eigenvalue weighted by molar-refractivity contribution is 5.76. The van der Waals surface area contributed by atoms with Crippen molar-refractivity contribution in [2.75, 3.05) is 33.3 Å². The van der Waals surface area contributed by atoms with E-state index in [1.165, 1.54) is 4.90 Å². The maximum Gasteiger partial charge on any atom is 0.319 e. The lowest BCUT2D eigenvalue weighted by Crippen LogP contribution is -2.54. The summed E-state index contributed by atoms with van der Waals surface area (Å²) in [6, 6.07) is -0.235. The molecule has 0 bridgehead atoms. The van der Waals surface area contributed by atoms with Crippen molar-refractivity contribution in [3.63, 3.8) is 0 Å². The maximum atomic E-state index is 12.2. The Morgan fingerprint density at radius 1 is 1.47 bits per heavy atom. The minimum atomic E-state index is -0.928. The largest absolute Gasteiger partial charge is 0.481 e. The molecule has 1 aliphatic rings. The fourth-order valence-electron chi connectivity index (χ4n) is 2.11. The lowest BCUT2D eigenvalue weighted by molar-refractivity contribution is -0.141. The highest BCUT2D eigenvalue weighted by Gasteiger charge is 2.30. The number of aliphatic hydroxyl groups is 1. The molecule has 0 saturated carbocycles. The quantitative estimate of drug-likeness (QED) is 0.743. The van der Waals surface area contributed by atoms with Crippen molar-refractivity contribution in [2.24, 2.45) is 5.92 Å². The van der Waals surface area contributed by atoms with Crippen molar-refractivity contribution < 1.29 is 24.5 Å². The van der Waals surface area contributed by atoms with E-state index in [9.17, 15) is 9.59 Å². The van der Waals surface area contributed by atoms with Gasteiger partial charge in [0.05, 0.1) is 31.3 Å². The van der Waals surface area contributed by atoms with Crippen molar-refractivity contribution >= 4 is 12.0 Å². The predicted octanol–water partition coefficient (Wildman–Crippen LogP) is -0.159. The first-order valence-corrected chi connectivity index (χ1v) is 6.34. The van der Waals surface area contributed by atoms with Crippen LogP contribution >= 0.6 is 0 Å². The standard InChI is InChI=1S/C12H22N2O5/c1-8(11(16)17)4-13(3)12(18)14-5-9(2)19-10(6-14)7-15/h8-10,15H,4-7H2,1-3H3,(H,16,17). The van der Waals surface area contributed by atoms with Gasteiger partial charge in [-0.1, -0.05) is 6.92 Å². The average molecular weight is 274 g/mol. The Morgan fingerprint density at radius 3 is 2.63 bits per heavy atom. The average Bonchev–Trinajstić information content (AvgIpc) is 2.36. The Hall–Kier alpha value is -1.34. The zero-order valence-corrected chi connectivity index (χ0v) is 11.6. The minimum Gasteiger partial charge on any atom is -0.481 e. The second-order valence-corrected chi connectivity index (χ2v) is 5.06. The number of rotatable bonds is 4. The smallest absolute Gasteiger partial charge is 0.319 e.